The lowest BCUT2D eigenvalue weighted by atomic mass is 10.0. The zero-order chi connectivity index (χ0) is 22.4. The summed E-state index contributed by atoms with van der Waals surface area (Å²) in [5.41, 5.74) is 6.56. The largest absolute Gasteiger partial charge is 0.543 e. The van der Waals surface area contributed by atoms with Gasteiger partial charge in [-0.15, -0.1) is 0 Å². The summed E-state index contributed by atoms with van der Waals surface area (Å²) < 4.78 is 7.45. The second kappa shape index (κ2) is 7.87. The molecule has 31 heavy (non-hydrogen) atoms. The van der Waals surface area contributed by atoms with E-state index in [1.54, 1.807) is 6.20 Å². The van der Waals surface area contributed by atoms with Crippen molar-refractivity contribution < 1.29 is 4.43 Å². The molecule has 0 radical (unpaired) electrons. The molecule has 160 valence electrons. The Labute approximate surface area is 192 Å². The fraction of sp³-hybridized carbons (Fsp3) is 0.292. The van der Waals surface area contributed by atoms with E-state index in [0.717, 1.165) is 49.3 Å². The average Bonchev–Trinajstić information content (AvgIpc) is 3.17. The molecule has 5 nitrogen and oxygen atoms in total. The number of pyridine rings is 2. The fourth-order valence-electron chi connectivity index (χ4n) is 3.19. The molecule has 0 unspecified atom stereocenters. The number of fused-ring (bicyclic) bond motifs is 1. The molecule has 1 N–H and O–H groups in total. The van der Waals surface area contributed by atoms with Gasteiger partial charge in [0.05, 0.1) is 16.7 Å². The Morgan fingerprint density at radius 1 is 1.00 bits per heavy atom. The Morgan fingerprint density at radius 3 is 2.52 bits per heavy atom. The molecule has 0 saturated carbocycles. The van der Waals surface area contributed by atoms with Crippen LogP contribution in [0.3, 0.4) is 0 Å². The summed E-state index contributed by atoms with van der Waals surface area (Å²) in [5, 5.41) is 7.73. The van der Waals surface area contributed by atoms with Gasteiger partial charge >= 0.3 is 0 Å². The highest BCUT2D eigenvalue weighted by atomic mass is 79.9. The maximum atomic E-state index is 6.55. The third-order valence-electron chi connectivity index (χ3n) is 6.06. The van der Waals surface area contributed by atoms with Gasteiger partial charge in [0.2, 0.25) is 8.32 Å². The Hall–Kier alpha value is -2.51. The number of benzene rings is 1. The number of nitrogens with one attached hydrogen (secondary N) is 1. The number of nitrogens with zero attached hydrogens (tertiary/aromatic N) is 3. The predicted molar refractivity (Wildman–Crippen MR) is 133 cm³/mol. The molecule has 4 rings (SSSR count). The number of aromatic nitrogens is 4. The highest BCUT2D eigenvalue weighted by Gasteiger charge is 2.39. The van der Waals surface area contributed by atoms with Crippen molar-refractivity contribution in [2.45, 2.75) is 45.8 Å². The summed E-state index contributed by atoms with van der Waals surface area (Å²) in [7, 11) is -1.94. The zero-order valence-electron chi connectivity index (χ0n) is 18.7. The first-order valence-electron chi connectivity index (χ1n) is 10.3. The SMILES string of the molecule is Cc1ccc(O[Si](C)(C)C(C)(C)C)cc1-c1n[nH]cc1-c1ccc2ncc(Br)cc2n1. The number of hydrogen-bond donors (Lipinski definition) is 1. The van der Waals surface area contributed by atoms with Crippen molar-refractivity contribution >= 4 is 35.3 Å². The van der Waals surface area contributed by atoms with Gasteiger partial charge in [-0.1, -0.05) is 26.8 Å². The van der Waals surface area contributed by atoms with Crippen molar-refractivity contribution in [1.82, 2.24) is 20.2 Å². The summed E-state index contributed by atoms with van der Waals surface area (Å²) in [6, 6.07) is 12.2. The second-order valence-corrected chi connectivity index (χ2v) is 15.0. The summed E-state index contributed by atoms with van der Waals surface area (Å²) in [5.74, 6) is 0.890. The Kier molecular flexibility index (Phi) is 5.51. The Balaban J connectivity index is 1.77. The van der Waals surface area contributed by atoms with Gasteiger partial charge in [0.1, 0.15) is 11.4 Å². The number of hydrogen-bond acceptors (Lipinski definition) is 4. The van der Waals surface area contributed by atoms with Gasteiger partial charge in [0, 0.05) is 28.0 Å². The molecule has 0 saturated heterocycles. The first-order valence-corrected chi connectivity index (χ1v) is 14.0. The van der Waals surface area contributed by atoms with E-state index in [0.29, 0.717) is 0 Å². The van der Waals surface area contributed by atoms with Gasteiger partial charge in [0.25, 0.3) is 0 Å². The monoisotopic (exact) mass is 494 g/mol. The molecule has 0 aliphatic rings. The maximum Gasteiger partial charge on any atom is 0.250 e. The van der Waals surface area contributed by atoms with Gasteiger partial charge in [-0.2, -0.15) is 5.10 Å². The molecular formula is C24H27BrN4OSi. The molecule has 0 atom stereocenters. The minimum Gasteiger partial charge on any atom is -0.543 e. The van der Waals surface area contributed by atoms with Crippen molar-refractivity contribution in [3.05, 3.63) is 58.8 Å². The van der Waals surface area contributed by atoms with Crippen LogP contribution < -0.4 is 4.43 Å². The molecule has 3 aromatic heterocycles. The lowest BCUT2D eigenvalue weighted by molar-refractivity contribution is 0.492. The van der Waals surface area contributed by atoms with Crippen molar-refractivity contribution in [2.24, 2.45) is 0 Å². The number of halogens is 1. The van der Waals surface area contributed by atoms with E-state index in [1.807, 2.05) is 24.4 Å². The molecule has 0 spiro atoms. The van der Waals surface area contributed by atoms with Crippen LogP contribution in [0.15, 0.2) is 53.3 Å². The van der Waals surface area contributed by atoms with Crippen molar-refractivity contribution in [2.75, 3.05) is 0 Å². The molecular weight excluding hydrogens is 468 g/mol. The van der Waals surface area contributed by atoms with Gasteiger partial charge < -0.3 is 4.43 Å². The highest BCUT2D eigenvalue weighted by Crippen LogP contribution is 2.39. The third-order valence-corrected chi connectivity index (χ3v) is 10.9. The minimum absolute atomic E-state index is 0.132. The number of aryl methyl sites for hydroxylation is 1. The summed E-state index contributed by atoms with van der Waals surface area (Å²) in [6.07, 6.45) is 3.68. The standard InChI is InChI=1S/C24H27BrN4OSi/c1-15-7-8-17(30-31(5,6)24(2,3)4)12-18(15)23-19(14-27-29-23)20-9-10-21-22(28-20)11-16(25)13-26-21/h7-14H,1-6H3,(H,27,29). The van der Waals surface area contributed by atoms with E-state index in [2.05, 4.69) is 90.1 Å². The Morgan fingerprint density at radius 2 is 1.77 bits per heavy atom. The molecule has 0 aliphatic carbocycles. The van der Waals surface area contributed by atoms with E-state index < -0.39 is 8.32 Å². The minimum atomic E-state index is -1.94. The zero-order valence-corrected chi connectivity index (χ0v) is 21.3. The summed E-state index contributed by atoms with van der Waals surface area (Å²) >= 11 is 3.48. The van der Waals surface area contributed by atoms with Crippen LogP contribution in [0, 0.1) is 6.92 Å². The maximum absolute atomic E-state index is 6.55. The first kappa shape index (κ1) is 21.7. The molecule has 0 aliphatic heterocycles. The van der Waals surface area contributed by atoms with E-state index >= 15 is 0 Å². The van der Waals surface area contributed by atoms with Gasteiger partial charge in [-0.25, -0.2) is 4.98 Å². The van der Waals surface area contributed by atoms with E-state index in [-0.39, 0.29) is 5.04 Å². The first-order chi connectivity index (χ1) is 14.5. The summed E-state index contributed by atoms with van der Waals surface area (Å²) in [6.45, 7) is 13.4. The van der Waals surface area contributed by atoms with Crippen LogP contribution >= 0.6 is 15.9 Å². The second-order valence-electron chi connectivity index (χ2n) is 9.37. The molecule has 1 aromatic carbocycles. The van der Waals surface area contributed by atoms with Crippen LogP contribution in [0.4, 0.5) is 0 Å². The number of rotatable bonds is 4. The van der Waals surface area contributed by atoms with Crippen molar-refractivity contribution in [1.29, 1.82) is 0 Å². The molecule has 0 fully saturated rings. The van der Waals surface area contributed by atoms with Crippen molar-refractivity contribution in [3.8, 4) is 28.3 Å². The highest BCUT2D eigenvalue weighted by molar-refractivity contribution is 9.10. The summed E-state index contributed by atoms with van der Waals surface area (Å²) in [4.78, 5) is 9.25. The number of aromatic amines is 1. The average molecular weight is 495 g/mol. The van der Waals surface area contributed by atoms with E-state index in [4.69, 9.17) is 9.41 Å². The lowest BCUT2D eigenvalue weighted by Gasteiger charge is -2.36. The Bertz CT molecular complexity index is 1260. The normalized spacial score (nSPS) is 12.4. The molecule has 7 heteroatoms. The molecule has 0 amide bonds. The number of H-pyrrole nitrogens is 1. The lowest BCUT2D eigenvalue weighted by Crippen LogP contribution is -2.43. The fourth-order valence-corrected chi connectivity index (χ4v) is 4.53. The topological polar surface area (TPSA) is 63.7 Å². The smallest absolute Gasteiger partial charge is 0.250 e. The van der Waals surface area contributed by atoms with Crippen LogP contribution in [-0.2, 0) is 0 Å². The van der Waals surface area contributed by atoms with Crippen LogP contribution in [0.5, 0.6) is 5.75 Å². The van der Waals surface area contributed by atoms with Crippen LogP contribution in [0.25, 0.3) is 33.5 Å². The van der Waals surface area contributed by atoms with E-state index in [9.17, 15) is 0 Å². The predicted octanol–water partition coefficient (Wildman–Crippen LogP) is 7.14. The quantitative estimate of drug-likeness (QED) is 0.306. The van der Waals surface area contributed by atoms with E-state index in [1.165, 1.54) is 0 Å². The van der Waals surface area contributed by atoms with Gasteiger partial charge in [0.15, 0.2) is 0 Å². The van der Waals surface area contributed by atoms with Crippen LogP contribution in [0.2, 0.25) is 18.1 Å². The van der Waals surface area contributed by atoms with Gasteiger partial charge in [-0.05, 0) is 76.9 Å². The van der Waals surface area contributed by atoms with Crippen molar-refractivity contribution in [3.63, 3.8) is 0 Å². The van der Waals surface area contributed by atoms with Crippen LogP contribution in [-0.4, -0.2) is 28.5 Å². The molecule has 0 bridgehead atoms. The molecule has 4 aromatic rings. The third kappa shape index (κ3) is 4.29. The molecule has 3 heterocycles. The van der Waals surface area contributed by atoms with Crippen LogP contribution in [0.1, 0.15) is 26.3 Å². The van der Waals surface area contributed by atoms with Gasteiger partial charge in [-0.3, -0.25) is 10.1 Å².